The lowest BCUT2D eigenvalue weighted by atomic mass is 10.0. The third kappa shape index (κ3) is 13.3. The standard InChI is InChI=1S/C21H35N7O5/c1-16(23)20(29)27-19(15-17-3-5-18(6-4-17)33-10-2-7-22)21(30)25-8-11-31-13-14-32-12-9-26-28-24/h3-6,16,19H,2,7-15,22-23H2,1H3,(H,25,30)(H,27,29)/t16-,19-/m0/s1. The second-order valence-electron chi connectivity index (χ2n) is 7.16. The van der Waals surface area contributed by atoms with Crippen molar-refractivity contribution >= 4 is 11.8 Å². The van der Waals surface area contributed by atoms with Crippen LogP contribution in [-0.4, -0.2) is 76.6 Å². The Morgan fingerprint density at radius 1 is 1.09 bits per heavy atom. The van der Waals surface area contributed by atoms with Gasteiger partial charge in [0.1, 0.15) is 11.8 Å². The van der Waals surface area contributed by atoms with Gasteiger partial charge in [-0.1, -0.05) is 17.2 Å². The summed E-state index contributed by atoms with van der Waals surface area (Å²) in [5.74, 6) is -0.0285. The molecule has 0 aromatic heterocycles. The third-order valence-corrected chi connectivity index (χ3v) is 4.34. The van der Waals surface area contributed by atoms with E-state index in [9.17, 15) is 9.59 Å². The van der Waals surface area contributed by atoms with Crippen molar-refractivity contribution < 1.29 is 23.8 Å². The molecule has 0 aliphatic rings. The summed E-state index contributed by atoms with van der Waals surface area (Å²) in [7, 11) is 0. The van der Waals surface area contributed by atoms with E-state index >= 15 is 0 Å². The summed E-state index contributed by atoms with van der Waals surface area (Å²) >= 11 is 0. The van der Waals surface area contributed by atoms with Crippen LogP contribution in [0.5, 0.6) is 5.75 Å². The molecule has 0 saturated heterocycles. The van der Waals surface area contributed by atoms with Crippen molar-refractivity contribution in [1.29, 1.82) is 0 Å². The van der Waals surface area contributed by atoms with Gasteiger partial charge >= 0.3 is 0 Å². The van der Waals surface area contributed by atoms with E-state index in [-0.39, 0.29) is 25.6 Å². The molecule has 0 aliphatic carbocycles. The van der Waals surface area contributed by atoms with Gasteiger partial charge in [-0.15, -0.1) is 0 Å². The largest absolute Gasteiger partial charge is 0.494 e. The fourth-order valence-electron chi connectivity index (χ4n) is 2.58. The molecule has 33 heavy (non-hydrogen) atoms. The van der Waals surface area contributed by atoms with Crippen molar-refractivity contribution in [3.63, 3.8) is 0 Å². The van der Waals surface area contributed by atoms with E-state index in [1.807, 2.05) is 24.3 Å². The molecule has 12 heteroatoms. The molecule has 0 saturated carbocycles. The summed E-state index contributed by atoms with van der Waals surface area (Å²) in [5.41, 5.74) is 20.1. The molecular weight excluding hydrogens is 430 g/mol. The highest BCUT2D eigenvalue weighted by Crippen LogP contribution is 2.14. The van der Waals surface area contributed by atoms with Crippen LogP contribution in [-0.2, 0) is 25.5 Å². The molecule has 6 N–H and O–H groups in total. The number of ether oxygens (including phenoxy) is 3. The van der Waals surface area contributed by atoms with E-state index in [1.165, 1.54) is 0 Å². The summed E-state index contributed by atoms with van der Waals surface area (Å²) in [4.78, 5) is 27.4. The topological polar surface area (TPSA) is 187 Å². The number of benzene rings is 1. The van der Waals surface area contributed by atoms with Gasteiger partial charge in [-0.2, -0.15) is 0 Å². The number of hydrogen-bond donors (Lipinski definition) is 4. The summed E-state index contributed by atoms with van der Waals surface area (Å²) in [6, 6.07) is 5.81. The van der Waals surface area contributed by atoms with E-state index in [2.05, 4.69) is 20.7 Å². The molecule has 1 aromatic carbocycles. The maximum atomic E-state index is 12.7. The Morgan fingerprint density at radius 2 is 1.79 bits per heavy atom. The Balaban J connectivity index is 2.47. The predicted molar refractivity (Wildman–Crippen MR) is 124 cm³/mol. The average molecular weight is 466 g/mol. The zero-order valence-corrected chi connectivity index (χ0v) is 19.1. The highest BCUT2D eigenvalue weighted by molar-refractivity contribution is 5.89. The lowest BCUT2D eigenvalue weighted by Gasteiger charge is -2.20. The van der Waals surface area contributed by atoms with Gasteiger partial charge in [-0.05, 0) is 43.1 Å². The van der Waals surface area contributed by atoms with Crippen LogP contribution in [0.1, 0.15) is 18.9 Å². The second-order valence-corrected chi connectivity index (χ2v) is 7.16. The predicted octanol–water partition coefficient (Wildman–Crippen LogP) is 0.248. The molecule has 2 atom stereocenters. The number of hydrogen-bond acceptors (Lipinski definition) is 8. The second kappa shape index (κ2) is 17.6. The minimum absolute atomic E-state index is 0.269. The summed E-state index contributed by atoms with van der Waals surface area (Å²) in [6.45, 7) is 4.51. The number of azide groups is 1. The van der Waals surface area contributed by atoms with Crippen LogP contribution in [0.3, 0.4) is 0 Å². The number of nitrogens with one attached hydrogen (secondary N) is 2. The fourth-order valence-corrected chi connectivity index (χ4v) is 2.58. The van der Waals surface area contributed by atoms with Gasteiger partial charge in [0.25, 0.3) is 0 Å². The highest BCUT2D eigenvalue weighted by atomic mass is 16.5. The van der Waals surface area contributed by atoms with Crippen molar-refractivity contribution in [2.45, 2.75) is 31.8 Å². The van der Waals surface area contributed by atoms with Gasteiger partial charge in [0.05, 0.1) is 39.1 Å². The van der Waals surface area contributed by atoms with Gasteiger partial charge in [0.2, 0.25) is 11.8 Å². The number of nitrogens with zero attached hydrogens (tertiary/aromatic N) is 3. The van der Waals surface area contributed by atoms with Crippen molar-refractivity contribution in [3.8, 4) is 5.75 Å². The van der Waals surface area contributed by atoms with Gasteiger partial charge in [-0.3, -0.25) is 9.59 Å². The Hall–Kier alpha value is -2.89. The fraction of sp³-hybridized carbons (Fsp3) is 0.619. The Kier molecular flexibility index (Phi) is 15.0. The van der Waals surface area contributed by atoms with Crippen molar-refractivity contribution in [2.24, 2.45) is 16.6 Å². The number of rotatable bonds is 18. The first-order valence-corrected chi connectivity index (χ1v) is 10.9. The van der Waals surface area contributed by atoms with Crippen LogP contribution in [0.2, 0.25) is 0 Å². The number of nitrogens with two attached hydrogens (primary N) is 2. The van der Waals surface area contributed by atoms with Gasteiger partial charge in [0.15, 0.2) is 0 Å². The van der Waals surface area contributed by atoms with E-state index in [0.717, 1.165) is 12.0 Å². The van der Waals surface area contributed by atoms with Crippen LogP contribution < -0.4 is 26.8 Å². The zero-order valence-electron chi connectivity index (χ0n) is 19.1. The summed E-state index contributed by atoms with van der Waals surface area (Å²) in [6.07, 6.45) is 1.06. The molecule has 0 radical (unpaired) electrons. The Bertz CT molecular complexity index is 739. The van der Waals surface area contributed by atoms with Crippen LogP contribution >= 0.6 is 0 Å². The molecule has 0 unspecified atom stereocenters. The van der Waals surface area contributed by atoms with Gasteiger partial charge in [0, 0.05) is 24.4 Å². The van der Waals surface area contributed by atoms with E-state index in [1.54, 1.807) is 6.92 Å². The van der Waals surface area contributed by atoms with Gasteiger partial charge in [-0.25, -0.2) is 0 Å². The van der Waals surface area contributed by atoms with E-state index < -0.39 is 18.0 Å². The first kappa shape index (κ1) is 28.1. The summed E-state index contributed by atoms with van der Waals surface area (Å²) < 4.78 is 16.2. The maximum absolute atomic E-state index is 12.7. The normalized spacial score (nSPS) is 12.3. The molecule has 0 bridgehead atoms. The van der Waals surface area contributed by atoms with Crippen LogP contribution in [0.25, 0.3) is 10.4 Å². The van der Waals surface area contributed by atoms with Crippen molar-refractivity contribution in [1.82, 2.24) is 10.6 Å². The van der Waals surface area contributed by atoms with Crippen LogP contribution in [0.15, 0.2) is 29.4 Å². The van der Waals surface area contributed by atoms with E-state index in [4.69, 9.17) is 31.2 Å². The molecule has 1 rings (SSSR count). The lowest BCUT2D eigenvalue weighted by molar-refractivity contribution is -0.129. The molecule has 0 heterocycles. The molecule has 1 aromatic rings. The molecule has 12 nitrogen and oxygen atoms in total. The number of amides is 2. The smallest absolute Gasteiger partial charge is 0.243 e. The van der Waals surface area contributed by atoms with Crippen molar-refractivity contribution in [3.05, 3.63) is 40.3 Å². The SMILES string of the molecule is C[C@H](N)C(=O)N[C@@H](Cc1ccc(OCCCN)cc1)C(=O)NCCOCCOCCN=[N+]=[N-]. The van der Waals surface area contributed by atoms with Gasteiger partial charge < -0.3 is 36.3 Å². The molecule has 0 aliphatic heterocycles. The van der Waals surface area contributed by atoms with E-state index in [0.29, 0.717) is 45.1 Å². The van der Waals surface area contributed by atoms with Crippen molar-refractivity contribution in [2.75, 3.05) is 52.7 Å². The first-order chi connectivity index (χ1) is 16.0. The quantitative estimate of drug-likeness (QED) is 0.103. The number of carbonyl (C=O) groups is 2. The molecule has 2 amide bonds. The minimum Gasteiger partial charge on any atom is -0.494 e. The zero-order chi connectivity index (χ0) is 24.3. The molecular formula is C21H35N7O5. The molecule has 0 fully saturated rings. The monoisotopic (exact) mass is 465 g/mol. The third-order valence-electron chi connectivity index (χ3n) is 4.34. The lowest BCUT2D eigenvalue weighted by Crippen LogP contribution is -2.52. The van der Waals surface area contributed by atoms with Crippen LogP contribution in [0, 0.1) is 0 Å². The highest BCUT2D eigenvalue weighted by Gasteiger charge is 2.22. The molecule has 0 spiro atoms. The minimum atomic E-state index is -0.781. The Labute approximate surface area is 193 Å². The molecule has 184 valence electrons. The van der Waals surface area contributed by atoms with Crippen LogP contribution in [0.4, 0.5) is 0 Å². The maximum Gasteiger partial charge on any atom is 0.243 e. The summed E-state index contributed by atoms with van der Waals surface area (Å²) in [5, 5.41) is 8.80. The average Bonchev–Trinajstić information content (AvgIpc) is 2.80. The Morgan fingerprint density at radius 3 is 2.42 bits per heavy atom. The first-order valence-electron chi connectivity index (χ1n) is 10.9. The number of carbonyl (C=O) groups excluding carboxylic acids is 2.